The normalized spacial score (nSPS) is 16.0. The molecule has 0 spiro atoms. The first-order valence-electron chi connectivity index (χ1n) is 9.23. The topological polar surface area (TPSA) is 87.7 Å². The molecule has 8 heteroatoms. The number of benzene rings is 2. The highest BCUT2D eigenvalue weighted by Gasteiger charge is 2.36. The summed E-state index contributed by atoms with van der Waals surface area (Å²) in [5.74, 6) is -2.21. The Morgan fingerprint density at radius 3 is 2.66 bits per heavy atom. The van der Waals surface area contributed by atoms with Crippen LogP contribution in [0.25, 0.3) is 0 Å². The number of rotatable bonds is 7. The van der Waals surface area contributed by atoms with E-state index < -0.39 is 17.6 Å². The molecule has 0 bridgehead atoms. The highest BCUT2D eigenvalue weighted by molar-refractivity contribution is 6.07. The maximum absolute atomic E-state index is 14.0. The minimum absolute atomic E-state index is 0.0254. The molecule has 152 valence electrons. The Bertz CT molecular complexity index is 918. The van der Waals surface area contributed by atoms with E-state index in [0.29, 0.717) is 24.4 Å². The van der Waals surface area contributed by atoms with E-state index in [1.165, 1.54) is 30.2 Å². The first kappa shape index (κ1) is 20.5. The van der Waals surface area contributed by atoms with Gasteiger partial charge in [-0.3, -0.25) is 14.4 Å². The number of nitrogens with one attached hydrogen (secondary N) is 2. The lowest BCUT2D eigenvalue weighted by atomic mass is 10.1. The van der Waals surface area contributed by atoms with Crippen LogP contribution in [0.3, 0.4) is 0 Å². The predicted octanol–water partition coefficient (Wildman–Crippen LogP) is 2.19. The maximum atomic E-state index is 14.0. The maximum Gasteiger partial charge on any atom is 0.253 e. The fraction of sp³-hybridized carbons (Fsp3) is 0.286. The Hall–Kier alpha value is -3.26. The predicted molar refractivity (Wildman–Crippen MR) is 106 cm³/mol. The van der Waals surface area contributed by atoms with Gasteiger partial charge in [0.15, 0.2) is 0 Å². The van der Waals surface area contributed by atoms with E-state index in [9.17, 15) is 18.8 Å². The molecule has 1 heterocycles. The molecule has 0 aliphatic carbocycles. The number of amides is 3. The molecule has 2 aromatic rings. The van der Waals surface area contributed by atoms with E-state index in [1.54, 1.807) is 30.3 Å². The Labute approximate surface area is 167 Å². The van der Waals surface area contributed by atoms with Crippen LogP contribution in [0.5, 0.6) is 0 Å². The summed E-state index contributed by atoms with van der Waals surface area (Å²) in [7, 11) is 1.54. The number of nitrogens with zero attached hydrogens (tertiary/aromatic N) is 1. The summed E-state index contributed by atoms with van der Waals surface area (Å²) in [6, 6.07) is 12.6. The largest absolute Gasteiger partial charge is 0.383 e. The Kier molecular flexibility index (Phi) is 6.56. The average Bonchev–Trinajstić information content (AvgIpc) is 3.10. The molecule has 0 unspecified atom stereocenters. The van der Waals surface area contributed by atoms with Crippen molar-refractivity contribution in [1.29, 1.82) is 0 Å². The molecule has 0 saturated carbocycles. The van der Waals surface area contributed by atoms with Crippen LogP contribution < -0.4 is 15.5 Å². The monoisotopic (exact) mass is 399 g/mol. The number of carbonyl (C=O) groups is 3. The molecule has 1 atom stereocenters. The number of methoxy groups -OCH3 is 1. The lowest BCUT2D eigenvalue weighted by Gasteiger charge is -2.17. The van der Waals surface area contributed by atoms with Gasteiger partial charge in [0.2, 0.25) is 11.8 Å². The van der Waals surface area contributed by atoms with E-state index >= 15 is 0 Å². The van der Waals surface area contributed by atoms with Crippen LogP contribution in [-0.2, 0) is 14.3 Å². The highest BCUT2D eigenvalue weighted by Crippen LogP contribution is 2.28. The second-order valence-corrected chi connectivity index (χ2v) is 6.64. The smallest absolute Gasteiger partial charge is 0.253 e. The lowest BCUT2D eigenvalue weighted by molar-refractivity contribution is -0.122. The summed E-state index contributed by atoms with van der Waals surface area (Å²) in [5.41, 5.74) is 0.821. The van der Waals surface area contributed by atoms with Crippen molar-refractivity contribution < 1.29 is 23.5 Å². The number of hydrogen-bond donors (Lipinski definition) is 2. The van der Waals surface area contributed by atoms with Crippen molar-refractivity contribution in [1.82, 2.24) is 5.32 Å². The Balaban J connectivity index is 1.69. The van der Waals surface area contributed by atoms with Crippen molar-refractivity contribution in [2.24, 2.45) is 5.92 Å². The molecule has 29 heavy (non-hydrogen) atoms. The highest BCUT2D eigenvalue weighted by atomic mass is 19.1. The van der Waals surface area contributed by atoms with Crippen LogP contribution in [0.1, 0.15) is 16.8 Å². The van der Waals surface area contributed by atoms with Gasteiger partial charge in [-0.2, -0.15) is 0 Å². The van der Waals surface area contributed by atoms with Crippen molar-refractivity contribution in [2.45, 2.75) is 6.42 Å². The zero-order chi connectivity index (χ0) is 20.8. The molecule has 0 aromatic heterocycles. The van der Waals surface area contributed by atoms with Gasteiger partial charge in [0.05, 0.1) is 29.5 Å². The van der Waals surface area contributed by atoms with Crippen molar-refractivity contribution in [3.05, 3.63) is 59.9 Å². The minimum Gasteiger partial charge on any atom is -0.383 e. The van der Waals surface area contributed by atoms with Gasteiger partial charge in [0.1, 0.15) is 5.82 Å². The lowest BCUT2D eigenvalue weighted by Crippen LogP contribution is -2.30. The van der Waals surface area contributed by atoms with Crippen molar-refractivity contribution >= 4 is 29.1 Å². The third kappa shape index (κ3) is 4.78. The Morgan fingerprint density at radius 1 is 1.17 bits per heavy atom. The molecule has 1 fully saturated rings. The van der Waals surface area contributed by atoms with Gasteiger partial charge in [0.25, 0.3) is 5.91 Å². The van der Waals surface area contributed by atoms with Crippen LogP contribution in [0, 0.1) is 11.7 Å². The van der Waals surface area contributed by atoms with E-state index in [0.717, 1.165) is 0 Å². The number of ether oxygens (including phenoxy) is 1. The van der Waals surface area contributed by atoms with Crippen molar-refractivity contribution in [2.75, 3.05) is 37.0 Å². The van der Waals surface area contributed by atoms with Gasteiger partial charge in [-0.25, -0.2) is 4.39 Å². The van der Waals surface area contributed by atoms with Gasteiger partial charge in [-0.15, -0.1) is 0 Å². The van der Waals surface area contributed by atoms with E-state index in [2.05, 4.69) is 10.6 Å². The fourth-order valence-corrected chi connectivity index (χ4v) is 3.17. The number of anilines is 2. The Morgan fingerprint density at radius 2 is 1.90 bits per heavy atom. The summed E-state index contributed by atoms with van der Waals surface area (Å²) >= 11 is 0. The molecule has 1 aliphatic heterocycles. The van der Waals surface area contributed by atoms with E-state index in [4.69, 9.17) is 4.74 Å². The number of hydrogen-bond acceptors (Lipinski definition) is 4. The molecule has 2 N–H and O–H groups in total. The number of halogens is 1. The standard InChI is InChI=1S/C21H22FN3O4/c1-29-11-10-23-21(28)15-6-2-4-8-17(15)24-20(27)14-12-19(26)25(13-14)18-9-5-3-7-16(18)22/h2-9,14H,10-13H2,1H3,(H,23,28)(H,24,27)/t14-/m1/s1. The summed E-state index contributed by atoms with van der Waals surface area (Å²) in [6.07, 6.45) is -0.0254. The molecule has 7 nitrogen and oxygen atoms in total. The van der Waals surface area contributed by atoms with Gasteiger partial charge in [-0.1, -0.05) is 24.3 Å². The summed E-state index contributed by atoms with van der Waals surface area (Å²) < 4.78 is 18.9. The van der Waals surface area contributed by atoms with Gasteiger partial charge in [0, 0.05) is 26.6 Å². The third-order valence-corrected chi connectivity index (χ3v) is 4.66. The number of carbonyl (C=O) groups excluding carboxylic acids is 3. The SMILES string of the molecule is COCCNC(=O)c1ccccc1NC(=O)[C@@H]1CC(=O)N(c2ccccc2F)C1. The molecule has 3 amide bonds. The molecule has 3 rings (SSSR count). The molecule has 0 radical (unpaired) electrons. The molecule has 1 aliphatic rings. The minimum atomic E-state index is -0.647. The van der Waals surface area contributed by atoms with Gasteiger partial charge >= 0.3 is 0 Å². The van der Waals surface area contributed by atoms with Crippen molar-refractivity contribution in [3.63, 3.8) is 0 Å². The quantitative estimate of drug-likeness (QED) is 0.699. The zero-order valence-electron chi connectivity index (χ0n) is 16.0. The first-order valence-corrected chi connectivity index (χ1v) is 9.23. The van der Waals surface area contributed by atoms with Crippen LogP contribution in [-0.4, -0.2) is 44.5 Å². The second-order valence-electron chi connectivity index (χ2n) is 6.64. The van der Waals surface area contributed by atoms with Crippen LogP contribution in [0.4, 0.5) is 15.8 Å². The van der Waals surface area contributed by atoms with Crippen molar-refractivity contribution in [3.8, 4) is 0 Å². The molecule has 2 aromatic carbocycles. The van der Waals surface area contributed by atoms with Gasteiger partial charge < -0.3 is 20.3 Å². The fourth-order valence-electron chi connectivity index (χ4n) is 3.17. The van der Waals surface area contributed by atoms with Crippen LogP contribution >= 0.6 is 0 Å². The summed E-state index contributed by atoms with van der Waals surface area (Å²) in [5, 5.41) is 5.43. The number of para-hydroxylation sites is 2. The van der Waals surface area contributed by atoms with Crippen LogP contribution in [0.15, 0.2) is 48.5 Å². The summed E-state index contributed by atoms with van der Waals surface area (Å²) in [6.45, 7) is 0.788. The molecule has 1 saturated heterocycles. The van der Waals surface area contributed by atoms with E-state index in [1.807, 2.05) is 0 Å². The van der Waals surface area contributed by atoms with E-state index in [-0.39, 0.29) is 30.5 Å². The average molecular weight is 399 g/mol. The summed E-state index contributed by atoms with van der Waals surface area (Å²) in [4.78, 5) is 38.7. The molecular weight excluding hydrogens is 377 g/mol. The first-order chi connectivity index (χ1) is 14.0. The third-order valence-electron chi connectivity index (χ3n) is 4.66. The second kappa shape index (κ2) is 9.29. The zero-order valence-corrected chi connectivity index (χ0v) is 16.0. The molecular formula is C21H22FN3O4. The van der Waals surface area contributed by atoms with Crippen LogP contribution in [0.2, 0.25) is 0 Å². The van der Waals surface area contributed by atoms with Gasteiger partial charge in [-0.05, 0) is 24.3 Å².